The number of amides is 1. The fourth-order valence-corrected chi connectivity index (χ4v) is 3.78. The van der Waals surface area contributed by atoms with Crippen molar-refractivity contribution in [1.29, 1.82) is 0 Å². The molecule has 0 unspecified atom stereocenters. The summed E-state index contributed by atoms with van der Waals surface area (Å²) in [6, 6.07) is 15.5. The average molecular weight is 434 g/mol. The second kappa shape index (κ2) is 8.69. The van der Waals surface area contributed by atoms with Crippen molar-refractivity contribution in [3.8, 4) is 22.7 Å². The van der Waals surface area contributed by atoms with Crippen molar-refractivity contribution in [3.63, 3.8) is 0 Å². The maximum atomic E-state index is 13.2. The Morgan fingerprint density at radius 1 is 1.13 bits per heavy atom. The Balaban J connectivity index is 1.74. The van der Waals surface area contributed by atoms with Crippen LogP contribution in [0.2, 0.25) is 0 Å². The number of hydrogen-bond donors (Lipinski definition) is 1. The number of nitrogens with one attached hydrogen (secondary N) is 1. The molecule has 0 spiro atoms. The van der Waals surface area contributed by atoms with Gasteiger partial charge in [-0.25, -0.2) is 4.68 Å². The third-order valence-corrected chi connectivity index (χ3v) is 5.89. The van der Waals surface area contributed by atoms with Crippen LogP contribution in [0.25, 0.3) is 16.9 Å². The van der Waals surface area contributed by atoms with Gasteiger partial charge in [-0.2, -0.15) is 5.10 Å². The summed E-state index contributed by atoms with van der Waals surface area (Å²) in [6.45, 7) is 6.11. The van der Waals surface area contributed by atoms with Crippen LogP contribution in [-0.4, -0.2) is 33.0 Å². The van der Waals surface area contributed by atoms with Gasteiger partial charge in [0.25, 0.3) is 5.91 Å². The van der Waals surface area contributed by atoms with E-state index in [2.05, 4.69) is 15.5 Å². The molecule has 2 heterocycles. The predicted molar refractivity (Wildman–Crippen MR) is 122 cm³/mol. The van der Waals surface area contributed by atoms with Crippen molar-refractivity contribution >= 4 is 22.4 Å². The van der Waals surface area contributed by atoms with Crippen LogP contribution < -0.4 is 10.1 Å². The first-order valence-electron chi connectivity index (χ1n) is 9.90. The fraction of sp³-hybridized carbons (Fsp3) is 0.217. The van der Waals surface area contributed by atoms with E-state index in [9.17, 15) is 4.79 Å². The van der Waals surface area contributed by atoms with Crippen LogP contribution in [0.4, 0.5) is 5.13 Å². The highest BCUT2D eigenvalue weighted by Gasteiger charge is 2.21. The van der Waals surface area contributed by atoms with Crippen LogP contribution in [0.5, 0.6) is 5.75 Å². The lowest BCUT2D eigenvalue weighted by atomic mass is 10.1. The number of anilines is 1. The minimum Gasteiger partial charge on any atom is -0.497 e. The van der Waals surface area contributed by atoms with E-state index in [0.717, 1.165) is 21.8 Å². The van der Waals surface area contributed by atoms with Crippen molar-refractivity contribution in [1.82, 2.24) is 20.0 Å². The molecule has 0 saturated carbocycles. The Kier molecular flexibility index (Phi) is 5.81. The number of hydrogen-bond acceptors (Lipinski definition) is 6. The van der Waals surface area contributed by atoms with E-state index < -0.39 is 0 Å². The van der Waals surface area contributed by atoms with Gasteiger partial charge in [-0.1, -0.05) is 55.0 Å². The molecule has 0 radical (unpaired) electrons. The lowest BCUT2D eigenvalue weighted by molar-refractivity contribution is 0.102. The average Bonchev–Trinajstić information content (AvgIpc) is 3.42. The lowest BCUT2D eigenvalue weighted by Gasteiger charge is -2.05. The van der Waals surface area contributed by atoms with Crippen LogP contribution in [0.15, 0.2) is 54.7 Å². The molecule has 0 fully saturated rings. The van der Waals surface area contributed by atoms with Crippen LogP contribution in [-0.2, 0) is 0 Å². The third-order valence-electron chi connectivity index (χ3n) is 4.76. The summed E-state index contributed by atoms with van der Waals surface area (Å²) in [5.74, 6) is 0.655. The van der Waals surface area contributed by atoms with Gasteiger partial charge in [-0.3, -0.25) is 10.1 Å². The highest BCUT2D eigenvalue weighted by atomic mass is 32.1. The fourth-order valence-electron chi connectivity index (χ4n) is 3.04. The number of benzene rings is 2. The molecule has 0 aliphatic carbocycles. The molecule has 0 bridgehead atoms. The maximum Gasteiger partial charge on any atom is 0.261 e. The summed E-state index contributed by atoms with van der Waals surface area (Å²) in [6.07, 6.45) is 1.74. The van der Waals surface area contributed by atoms with Crippen molar-refractivity contribution in [2.24, 2.45) is 0 Å². The van der Waals surface area contributed by atoms with Crippen molar-refractivity contribution in [2.45, 2.75) is 26.7 Å². The summed E-state index contributed by atoms with van der Waals surface area (Å²) >= 11 is 1.38. The number of ether oxygens (including phenoxy) is 1. The summed E-state index contributed by atoms with van der Waals surface area (Å²) in [4.78, 5) is 13.2. The molecule has 158 valence electrons. The molecule has 7 nitrogen and oxygen atoms in total. The molecule has 4 aromatic rings. The number of nitrogens with zero attached hydrogens (tertiary/aromatic N) is 4. The van der Waals surface area contributed by atoms with Crippen molar-refractivity contribution in [3.05, 3.63) is 70.9 Å². The van der Waals surface area contributed by atoms with Gasteiger partial charge >= 0.3 is 0 Å². The van der Waals surface area contributed by atoms with Crippen LogP contribution in [0.1, 0.15) is 40.7 Å². The van der Waals surface area contributed by atoms with E-state index in [-0.39, 0.29) is 11.8 Å². The van der Waals surface area contributed by atoms with Gasteiger partial charge in [0.05, 0.1) is 18.4 Å². The van der Waals surface area contributed by atoms with Gasteiger partial charge in [0, 0.05) is 17.7 Å². The number of carbonyl (C=O) groups is 1. The molecule has 0 atom stereocenters. The molecule has 2 aromatic heterocycles. The van der Waals surface area contributed by atoms with Gasteiger partial charge in [-0.15, -0.1) is 10.2 Å². The van der Waals surface area contributed by atoms with E-state index in [4.69, 9.17) is 9.84 Å². The van der Waals surface area contributed by atoms with Crippen LogP contribution in [0.3, 0.4) is 0 Å². The van der Waals surface area contributed by atoms with Crippen LogP contribution in [0, 0.1) is 6.92 Å². The molecule has 4 rings (SSSR count). The van der Waals surface area contributed by atoms with Gasteiger partial charge in [-0.05, 0) is 31.2 Å². The molecule has 0 saturated heterocycles. The Morgan fingerprint density at radius 2 is 1.90 bits per heavy atom. The van der Waals surface area contributed by atoms with Gasteiger partial charge in [0.2, 0.25) is 5.13 Å². The van der Waals surface area contributed by atoms with E-state index >= 15 is 0 Å². The number of carbonyl (C=O) groups excluding carboxylic acids is 1. The standard InChI is InChI=1S/C23H23N5O2S/c1-14(2)22-25-26-23(31-22)24-21(29)19-13-28(17-10-8-15(3)9-11-17)27-20(19)16-6-5-7-18(12-16)30-4/h5-14H,1-4H3,(H,24,26,29). The number of aromatic nitrogens is 4. The Morgan fingerprint density at radius 3 is 2.58 bits per heavy atom. The minimum absolute atomic E-state index is 0.250. The third kappa shape index (κ3) is 4.49. The second-order valence-corrected chi connectivity index (χ2v) is 8.47. The number of methoxy groups -OCH3 is 1. The highest BCUT2D eigenvalue weighted by Crippen LogP contribution is 2.29. The Labute approximate surface area is 184 Å². The zero-order valence-corrected chi connectivity index (χ0v) is 18.6. The molecule has 0 aliphatic heterocycles. The van der Waals surface area contributed by atoms with E-state index in [1.54, 1.807) is 18.0 Å². The lowest BCUT2D eigenvalue weighted by Crippen LogP contribution is -2.12. The molecular formula is C23H23N5O2S. The molecule has 1 N–H and O–H groups in total. The zero-order chi connectivity index (χ0) is 22.0. The molecule has 31 heavy (non-hydrogen) atoms. The first kappa shape index (κ1) is 20.7. The first-order chi connectivity index (χ1) is 14.9. The number of aryl methyl sites for hydroxylation is 1. The monoisotopic (exact) mass is 433 g/mol. The maximum absolute atomic E-state index is 13.2. The summed E-state index contributed by atoms with van der Waals surface area (Å²) < 4.78 is 7.06. The quantitative estimate of drug-likeness (QED) is 0.458. The predicted octanol–water partition coefficient (Wildman–Crippen LogP) is 5.08. The summed E-state index contributed by atoms with van der Waals surface area (Å²) in [5.41, 5.74) is 3.81. The van der Waals surface area contributed by atoms with Crippen molar-refractivity contribution in [2.75, 3.05) is 12.4 Å². The summed E-state index contributed by atoms with van der Waals surface area (Å²) in [5, 5.41) is 17.2. The minimum atomic E-state index is -0.289. The molecule has 2 aromatic carbocycles. The molecule has 8 heteroatoms. The first-order valence-corrected chi connectivity index (χ1v) is 10.7. The SMILES string of the molecule is COc1cccc(-c2nn(-c3ccc(C)cc3)cc2C(=O)Nc2nnc(C(C)C)s2)c1. The number of rotatable bonds is 6. The van der Waals surface area contributed by atoms with Gasteiger partial charge in [0.1, 0.15) is 16.5 Å². The zero-order valence-electron chi connectivity index (χ0n) is 17.8. The van der Waals surface area contributed by atoms with E-state index in [1.165, 1.54) is 11.3 Å². The van der Waals surface area contributed by atoms with E-state index in [0.29, 0.717) is 22.1 Å². The largest absolute Gasteiger partial charge is 0.497 e. The highest BCUT2D eigenvalue weighted by molar-refractivity contribution is 7.15. The van der Waals surface area contributed by atoms with Crippen LogP contribution >= 0.6 is 11.3 Å². The molecule has 0 aliphatic rings. The Hall–Kier alpha value is -3.52. The molecule has 1 amide bonds. The van der Waals surface area contributed by atoms with Gasteiger partial charge < -0.3 is 4.74 Å². The normalized spacial score (nSPS) is 11.0. The van der Waals surface area contributed by atoms with E-state index in [1.807, 2.05) is 69.3 Å². The Bertz CT molecular complexity index is 1210. The smallest absolute Gasteiger partial charge is 0.261 e. The molecular weight excluding hydrogens is 410 g/mol. The second-order valence-electron chi connectivity index (χ2n) is 7.46. The topological polar surface area (TPSA) is 81.9 Å². The summed E-state index contributed by atoms with van der Waals surface area (Å²) in [7, 11) is 1.61. The van der Waals surface area contributed by atoms with Crippen molar-refractivity contribution < 1.29 is 9.53 Å². The van der Waals surface area contributed by atoms with Gasteiger partial charge in [0.15, 0.2) is 0 Å².